The Morgan fingerprint density at radius 3 is 3.00 bits per heavy atom. The highest BCUT2D eigenvalue weighted by molar-refractivity contribution is 8.01. The van der Waals surface area contributed by atoms with Gasteiger partial charge in [-0.3, -0.25) is 0 Å². The molecule has 80 valence electrons. The summed E-state index contributed by atoms with van der Waals surface area (Å²) < 4.78 is 2.33. The molecule has 0 aliphatic carbocycles. The van der Waals surface area contributed by atoms with Crippen molar-refractivity contribution in [2.75, 3.05) is 5.75 Å². The van der Waals surface area contributed by atoms with E-state index in [-0.39, 0.29) is 0 Å². The number of rotatable bonds is 3. The maximum Gasteiger partial charge on any atom is 0.171 e. The van der Waals surface area contributed by atoms with Gasteiger partial charge in [-0.25, -0.2) is 9.97 Å². The molecule has 0 aromatic carbocycles. The summed E-state index contributed by atoms with van der Waals surface area (Å²) in [5.41, 5.74) is 2.09. The number of aromatic nitrogens is 2. The summed E-state index contributed by atoms with van der Waals surface area (Å²) in [5.74, 6) is 1.83. The molecule has 0 fully saturated rings. The third kappa shape index (κ3) is 2.69. The fraction of sp³-hybridized carbons (Fsp3) is 0.455. The van der Waals surface area contributed by atoms with Gasteiger partial charge in [0.1, 0.15) is 0 Å². The summed E-state index contributed by atoms with van der Waals surface area (Å²) in [7, 11) is 0. The number of pyridine rings is 1. The van der Waals surface area contributed by atoms with Crippen molar-refractivity contribution in [3.63, 3.8) is 0 Å². The Hall–Kier alpha value is -0.610. The standard InChI is InChI=1S/C11H14N2S2/c1-7(2)6-14-11-13-10-9(15-11)4-8(3)5-12-10/h4-5,7H,6H2,1-3H3. The van der Waals surface area contributed by atoms with E-state index < -0.39 is 0 Å². The van der Waals surface area contributed by atoms with Crippen LogP contribution < -0.4 is 0 Å². The van der Waals surface area contributed by atoms with Crippen LogP contribution in [0.1, 0.15) is 19.4 Å². The largest absolute Gasteiger partial charge is 0.236 e. The molecule has 2 nitrogen and oxygen atoms in total. The number of fused-ring (bicyclic) bond motifs is 1. The first kappa shape index (κ1) is 10.9. The lowest BCUT2D eigenvalue weighted by Crippen LogP contribution is -1.89. The van der Waals surface area contributed by atoms with E-state index in [1.165, 1.54) is 10.3 Å². The van der Waals surface area contributed by atoms with Crippen LogP contribution in [0.25, 0.3) is 10.3 Å². The molecule has 0 saturated carbocycles. The number of hydrogen-bond acceptors (Lipinski definition) is 4. The smallest absolute Gasteiger partial charge is 0.171 e. The lowest BCUT2D eigenvalue weighted by Gasteiger charge is -1.99. The molecule has 0 aliphatic heterocycles. The van der Waals surface area contributed by atoms with Crippen LogP contribution in [0.3, 0.4) is 0 Å². The Bertz CT molecular complexity index is 463. The summed E-state index contributed by atoms with van der Waals surface area (Å²) >= 11 is 3.57. The summed E-state index contributed by atoms with van der Waals surface area (Å²) in [5, 5.41) is 0. The minimum Gasteiger partial charge on any atom is -0.236 e. The van der Waals surface area contributed by atoms with Crippen molar-refractivity contribution in [3.8, 4) is 0 Å². The van der Waals surface area contributed by atoms with Crippen LogP contribution in [-0.4, -0.2) is 15.7 Å². The zero-order valence-corrected chi connectivity index (χ0v) is 10.8. The second kappa shape index (κ2) is 4.49. The van der Waals surface area contributed by atoms with Gasteiger partial charge in [-0.15, -0.1) is 11.3 Å². The number of thiazole rings is 1. The fourth-order valence-electron chi connectivity index (χ4n) is 1.20. The Labute approximate surface area is 98.1 Å². The molecule has 0 spiro atoms. The van der Waals surface area contributed by atoms with E-state index in [0.717, 1.165) is 15.7 Å². The predicted octanol–water partition coefficient (Wildman–Crippen LogP) is 3.75. The van der Waals surface area contributed by atoms with Gasteiger partial charge in [0.15, 0.2) is 9.99 Å². The number of hydrogen-bond donors (Lipinski definition) is 0. The molecule has 2 aromatic rings. The summed E-state index contributed by atoms with van der Waals surface area (Å²) in [6.45, 7) is 6.51. The molecule has 0 amide bonds. The van der Waals surface area contributed by atoms with Crippen LogP contribution in [0.5, 0.6) is 0 Å². The van der Waals surface area contributed by atoms with Crippen LogP contribution in [0.2, 0.25) is 0 Å². The van der Waals surface area contributed by atoms with Crippen LogP contribution in [0.4, 0.5) is 0 Å². The van der Waals surface area contributed by atoms with Crippen LogP contribution in [0, 0.1) is 12.8 Å². The molecule has 4 heteroatoms. The monoisotopic (exact) mass is 238 g/mol. The SMILES string of the molecule is Cc1cnc2nc(SCC(C)C)sc2c1. The maximum atomic E-state index is 4.50. The molecule has 0 aliphatic rings. The van der Waals surface area contributed by atoms with E-state index in [4.69, 9.17) is 0 Å². The van der Waals surface area contributed by atoms with E-state index in [1.54, 1.807) is 11.3 Å². The van der Waals surface area contributed by atoms with Crippen molar-refractivity contribution in [3.05, 3.63) is 17.8 Å². The van der Waals surface area contributed by atoms with Gasteiger partial charge in [0.05, 0.1) is 4.70 Å². The van der Waals surface area contributed by atoms with Crippen molar-refractivity contribution in [1.82, 2.24) is 9.97 Å². The van der Waals surface area contributed by atoms with E-state index in [1.807, 2.05) is 18.0 Å². The van der Waals surface area contributed by atoms with Crippen molar-refractivity contribution in [2.24, 2.45) is 5.92 Å². The predicted molar refractivity (Wildman–Crippen MR) is 67.7 cm³/mol. The zero-order chi connectivity index (χ0) is 10.8. The Balaban J connectivity index is 2.23. The lowest BCUT2D eigenvalue weighted by atomic mass is 10.3. The Morgan fingerprint density at radius 1 is 1.47 bits per heavy atom. The summed E-state index contributed by atoms with van der Waals surface area (Å²) in [6, 6.07) is 2.15. The topological polar surface area (TPSA) is 25.8 Å². The van der Waals surface area contributed by atoms with Crippen molar-refractivity contribution in [1.29, 1.82) is 0 Å². The molecular formula is C11H14N2S2. The number of thioether (sulfide) groups is 1. The van der Waals surface area contributed by atoms with E-state index in [2.05, 4.69) is 36.8 Å². The molecule has 0 atom stereocenters. The minimum atomic E-state index is 0.705. The molecule has 0 bridgehead atoms. The first-order valence-electron chi connectivity index (χ1n) is 5.01. The zero-order valence-electron chi connectivity index (χ0n) is 9.15. The highest BCUT2D eigenvalue weighted by Gasteiger charge is 2.06. The first-order valence-corrected chi connectivity index (χ1v) is 6.81. The Morgan fingerprint density at radius 2 is 2.27 bits per heavy atom. The van der Waals surface area contributed by atoms with Crippen molar-refractivity contribution < 1.29 is 0 Å². The van der Waals surface area contributed by atoms with Gasteiger partial charge < -0.3 is 0 Å². The van der Waals surface area contributed by atoms with Crippen molar-refractivity contribution in [2.45, 2.75) is 25.1 Å². The quantitative estimate of drug-likeness (QED) is 0.762. The molecular weight excluding hydrogens is 224 g/mol. The summed E-state index contributed by atoms with van der Waals surface area (Å²) in [4.78, 5) is 8.81. The van der Waals surface area contributed by atoms with Gasteiger partial charge >= 0.3 is 0 Å². The van der Waals surface area contributed by atoms with Gasteiger partial charge in [-0.05, 0) is 24.5 Å². The minimum absolute atomic E-state index is 0.705. The first-order chi connectivity index (χ1) is 7.15. The normalized spacial score (nSPS) is 11.5. The molecule has 2 rings (SSSR count). The van der Waals surface area contributed by atoms with Crippen LogP contribution >= 0.6 is 23.1 Å². The van der Waals surface area contributed by atoms with Gasteiger partial charge in [-0.1, -0.05) is 25.6 Å². The average molecular weight is 238 g/mol. The summed E-state index contributed by atoms with van der Waals surface area (Å²) in [6.07, 6.45) is 1.87. The van der Waals surface area contributed by atoms with Crippen LogP contribution in [0.15, 0.2) is 16.6 Å². The second-order valence-electron chi connectivity index (χ2n) is 4.02. The molecule has 0 unspecified atom stereocenters. The molecule has 0 N–H and O–H groups in total. The third-order valence-electron chi connectivity index (χ3n) is 1.90. The molecule has 15 heavy (non-hydrogen) atoms. The Kier molecular flexibility index (Phi) is 3.26. The molecule has 0 radical (unpaired) electrons. The van der Waals surface area contributed by atoms with E-state index >= 15 is 0 Å². The number of aryl methyl sites for hydroxylation is 1. The average Bonchev–Trinajstić information content (AvgIpc) is 2.56. The van der Waals surface area contributed by atoms with Crippen LogP contribution in [-0.2, 0) is 0 Å². The molecule has 0 saturated heterocycles. The van der Waals surface area contributed by atoms with Gasteiger partial charge in [-0.2, -0.15) is 0 Å². The van der Waals surface area contributed by atoms with Crippen molar-refractivity contribution >= 4 is 33.4 Å². The molecule has 2 heterocycles. The van der Waals surface area contributed by atoms with Gasteiger partial charge in [0.2, 0.25) is 0 Å². The van der Waals surface area contributed by atoms with Gasteiger partial charge in [0.25, 0.3) is 0 Å². The third-order valence-corrected chi connectivity index (χ3v) is 4.47. The fourth-order valence-corrected chi connectivity index (χ4v) is 3.29. The molecule has 2 aromatic heterocycles. The highest BCUT2D eigenvalue weighted by Crippen LogP contribution is 2.29. The maximum absolute atomic E-state index is 4.50. The highest BCUT2D eigenvalue weighted by atomic mass is 32.2. The lowest BCUT2D eigenvalue weighted by molar-refractivity contribution is 0.750. The van der Waals surface area contributed by atoms with E-state index in [0.29, 0.717) is 5.92 Å². The van der Waals surface area contributed by atoms with Gasteiger partial charge in [0, 0.05) is 11.9 Å². The second-order valence-corrected chi connectivity index (χ2v) is 6.32. The van der Waals surface area contributed by atoms with E-state index in [9.17, 15) is 0 Å². The number of nitrogens with zero attached hydrogens (tertiary/aromatic N) is 2.